The SMILES string of the molecule is C=CCOc1ccc(C2c3c(oc4cc(C)c(Cl)cc4c3=O)C(=O)N2CCN(CC)CC)cc1. The summed E-state index contributed by atoms with van der Waals surface area (Å²) in [7, 11) is 0. The topological polar surface area (TPSA) is 63.0 Å². The monoisotopic (exact) mass is 480 g/mol. The number of ether oxygens (including phenoxy) is 1. The van der Waals surface area contributed by atoms with Crippen LogP contribution < -0.4 is 10.2 Å². The molecule has 1 unspecified atom stereocenters. The molecule has 2 aromatic carbocycles. The Labute approximate surface area is 204 Å². The van der Waals surface area contributed by atoms with Gasteiger partial charge in [0.25, 0.3) is 5.91 Å². The van der Waals surface area contributed by atoms with Gasteiger partial charge in [0, 0.05) is 18.1 Å². The van der Waals surface area contributed by atoms with Crippen LogP contribution >= 0.6 is 11.6 Å². The third-order valence-corrected chi connectivity index (χ3v) is 6.77. The Morgan fingerprint density at radius 1 is 1.18 bits per heavy atom. The first-order chi connectivity index (χ1) is 16.4. The summed E-state index contributed by atoms with van der Waals surface area (Å²) < 4.78 is 11.7. The van der Waals surface area contributed by atoms with Crippen LogP contribution in [0, 0.1) is 6.92 Å². The molecule has 1 amide bonds. The summed E-state index contributed by atoms with van der Waals surface area (Å²) in [5.74, 6) is 0.525. The fraction of sp³-hybridized carbons (Fsp3) is 0.333. The zero-order valence-corrected chi connectivity index (χ0v) is 20.5. The van der Waals surface area contributed by atoms with E-state index in [2.05, 4.69) is 25.3 Å². The van der Waals surface area contributed by atoms with E-state index in [1.54, 1.807) is 23.1 Å². The van der Waals surface area contributed by atoms with Crippen molar-refractivity contribution in [3.63, 3.8) is 0 Å². The van der Waals surface area contributed by atoms with Crippen molar-refractivity contribution >= 4 is 28.5 Å². The van der Waals surface area contributed by atoms with Gasteiger partial charge in [-0.05, 0) is 55.4 Å². The molecule has 178 valence electrons. The Balaban J connectivity index is 1.83. The molecule has 0 N–H and O–H groups in total. The van der Waals surface area contributed by atoms with Gasteiger partial charge in [0.2, 0.25) is 5.76 Å². The fourth-order valence-corrected chi connectivity index (χ4v) is 4.57. The minimum atomic E-state index is -0.549. The van der Waals surface area contributed by atoms with E-state index in [9.17, 15) is 9.59 Å². The number of carbonyl (C=O) groups excluding carboxylic acids is 1. The third-order valence-electron chi connectivity index (χ3n) is 6.36. The molecule has 2 heterocycles. The average molecular weight is 481 g/mol. The van der Waals surface area contributed by atoms with Gasteiger partial charge in [-0.2, -0.15) is 0 Å². The van der Waals surface area contributed by atoms with Crippen molar-refractivity contribution < 1.29 is 13.9 Å². The first-order valence-electron chi connectivity index (χ1n) is 11.5. The molecule has 0 radical (unpaired) electrons. The summed E-state index contributed by atoms with van der Waals surface area (Å²) in [6, 6.07) is 10.3. The number of aryl methyl sites for hydroxylation is 1. The molecule has 0 bridgehead atoms. The Morgan fingerprint density at radius 2 is 1.88 bits per heavy atom. The smallest absolute Gasteiger partial charge is 0.290 e. The summed E-state index contributed by atoms with van der Waals surface area (Å²) in [5.41, 5.74) is 2.11. The van der Waals surface area contributed by atoms with Gasteiger partial charge < -0.3 is 19.0 Å². The minimum absolute atomic E-state index is 0.107. The number of hydrogen-bond acceptors (Lipinski definition) is 5. The number of carbonyl (C=O) groups is 1. The highest BCUT2D eigenvalue weighted by atomic mass is 35.5. The number of benzene rings is 2. The van der Waals surface area contributed by atoms with Crippen LogP contribution in [0.2, 0.25) is 5.02 Å². The van der Waals surface area contributed by atoms with E-state index in [1.807, 2.05) is 31.2 Å². The molecule has 4 rings (SSSR count). The van der Waals surface area contributed by atoms with E-state index < -0.39 is 6.04 Å². The summed E-state index contributed by atoms with van der Waals surface area (Å²) in [4.78, 5) is 31.2. The maximum absolute atomic E-state index is 13.7. The average Bonchev–Trinajstić information content (AvgIpc) is 3.12. The number of fused-ring (bicyclic) bond motifs is 2. The molecule has 0 saturated heterocycles. The lowest BCUT2D eigenvalue weighted by Crippen LogP contribution is -2.37. The molecular weight excluding hydrogens is 452 g/mol. The molecule has 6 nitrogen and oxygen atoms in total. The van der Waals surface area contributed by atoms with E-state index in [0.29, 0.717) is 47.0 Å². The van der Waals surface area contributed by atoms with Crippen LogP contribution in [0.15, 0.2) is 58.3 Å². The quantitative estimate of drug-likeness (QED) is 0.393. The van der Waals surface area contributed by atoms with Gasteiger partial charge >= 0.3 is 0 Å². The maximum Gasteiger partial charge on any atom is 0.290 e. The third kappa shape index (κ3) is 4.36. The highest BCUT2D eigenvalue weighted by Gasteiger charge is 2.42. The minimum Gasteiger partial charge on any atom is -0.490 e. The molecule has 0 aliphatic carbocycles. The van der Waals surface area contributed by atoms with Gasteiger partial charge in [-0.15, -0.1) is 0 Å². The van der Waals surface area contributed by atoms with Crippen molar-refractivity contribution in [3.8, 4) is 5.75 Å². The number of hydrogen-bond donors (Lipinski definition) is 0. The van der Waals surface area contributed by atoms with Gasteiger partial charge in [0.05, 0.1) is 17.0 Å². The normalized spacial score (nSPS) is 15.3. The number of nitrogens with zero attached hydrogens (tertiary/aromatic N) is 2. The van der Waals surface area contributed by atoms with Gasteiger partial charge in [0.15, 0.2) is 5.43 Å². The molecule has 34 heavy (non-hydrogen) atoms. The second-order valence-corrected chi connectivity index (χ2v) is 8.78. The summed E-state index contributed by atoms with van der Waals surface area (Å²) in [6.07, 6.45) is 1.68. The summed E-state index contributed by atoms with van der Waals surface area (Å²) >= 11 is 6.31. The maximum atomic E-state index is 13.7. The number of amides is 1. The standard InChI is InChI=1S/C27H29ClN2O4/c1-5-14-33-19-10-8-18(9-11-19)24-23-25(31)20-16-21(28)17(4)15-22(20)34-26(23)27(32)30(24)13-12-29(6-2)7-3/h5,8-11,15-16,24H,1,6-7,12-14H2,2-4H3. The van der Waals surface area contributed by atoms with Crippen LogP contribution in [-0.2, 0) is 0 Å². The molecule has 1 atom stereocenters. The lowest BCUT2D eigenvalue weighted by molar-refractivity contribution is 0.0708. The van der Waals surface area contributed by atoms with E-state index in [1.165, 1.54) is 0 Å². The Hall–Kier alpha value is -3.09. The molecule has 1 aromatic heterocycles. The second-order valence-electron chi connectivity index (χ2n) is 8.37. The van der Waals surface area contributed by atoms with Crippen molar-refractivity contribution in [2.75, 3.05) is 32.8 Å². The molecule has 0 saturated carbocycles. The van der Waals surface area contributed by atoms with Crippen molar-refractivity contribution in [3.05, 3.63) is 86.7 Å². The molecule has 0 fully saturated rings. The first-order valence-corrected chi connectivity index (χ1v) is 11.9. The van der Waals surface area contributed by atoms with E-state index in [-0.39, 0.29) is 17.1 Å². The molecule has 1 aliphatic rings. The Kier molecular flexibility index (Phi) is 7.10. The highest BCUT2D eigenvalue weighted by molar-refractivity contribution is 6.32. The van der Waals surface area contributed by atoms with Crippen LogP contribution in [0.4, 0.5) is 0 Å². The first kappa shape index (κ1) is 24.0. The van der Waals surface area contributed by atoms with Crippen molar-refractivity contribution in [2.45, 2.75) is 26.8 Å². The van der Waals surface area contributed by atoms with Crippen LogP contribution in [0.25, 0.3) is 11.0 Å². The van der Waals surface area contributed by atoms with Gasteiger partial charge in [0.1, 0.15) is 17.9 Å². The highest BCUT2D eigenvalue weighted by Crippen LogP contribution is 2.39. The zero-order valence-electron chi connectivity index (χ0n) is 19.8. The molecule has 7 heteroatoms. The lowest BCUT2D eigenvalue weighted by atomic mass is 9.98. The van der Waals surface area contributed by atoms with E-state index in [4.69, 9.17) is 20.8 Å². The van der Waals surface area contributed by atoms with Crippen LogP contribution in [0.3, 0.4) is 0 Å². The molecular formula is C27H29ClN2O4. The van der Waals surface area contributed by atoms with Gasteiger partial charge in [-0.25, -0.2) is 0 Å². The summed E-state index contributed by atoms with van der Waals surface area (Å²) in [5, 5.41) is 0.867. The number of halogens is 1. The van der Waals surface area contributed by atoms with Crippen molar-refractivity contribution in [1.29, 1.82) is 0 Å². The number of likely N-dealkylation sites (N-methyl/N-ethyl adjacent to an activating group) is 1. The van der Waals surface area contributed by atoms with Crippen LogP contribution in [0.5, 0.6) is 5.75 Å². The fourth-order valence-electron chi connectivity index (χ4n) is 4.41. The number of rotatable bonds is 9. The Bertz CT molecular complexity index is 1280. The van der Waals surface area contributed by atoms with Crippen LogP contribution in [-0.4, -0.2) is 48.5 Å². The van der Waals surface area contributed by atoms with Gasteiger partial charge in [-0.3, -0.25) is 9.59 Å². The summed E-state index contributed by atoms with van der Waals surface area (Å²) in [6.45, 7) is 13.0. The van der Waals surface area contributed by atoms with Gasteiger partial charge in [-0.1, -0.05) is 50.2 Å². The van der Waals surface area contributed by atoms with Crippen molar-refractivity contribution in [2.24, 2.45) is 0 Å². The molecule has 1 aliphatic heterocycles. The Morgan fingerprint density at radius 3 is 2.53 bits per heavy atom. The van der Waals surface area contributed by atoms with Crippen molar-refractivity contribution in [1.82, 2.24) is 9.80 Å². The zero-order chi connectivity index (χ0) is 24.4. The second kappa shape index (κ2) is 10.0. The predicted octanol–water partition coefficient (Wildman–Crippen LogP) is 5.21. The van der Waals surface area contributed by atoms with E-state index >= 15 is 0 Å². The van der Waals surface area contributed by atoms with E-state index in [0.717, 1.165) is 24.2 Å². The predicted molar refractivity (Wildman–Crippen MR) is 135 cm³/mol. The molecule has 0 spiro atoms. The lowest BCUT2D eigenvalue weighted by Gasteiger charge is -2.28. The largest absolute Gasteiger partial charge is 0.490 e. The van der Waals surface area contributed by atoms with Crippen LogP contribution in [0.1, 0.15) is 47.1 Å². The molecule has 3 aromatic rings.